The van der Waals surface area contributed by atoms with Crippen molar-refractivity contribution in [2.24, 2.45) is 0 Å². The van der Waals surface area contributed by atoms with E-state index in [0.29, 0.717) is 6.54 Å². The lowest BCUT2D eigenvalue weighted by atomic mass is 10.2. The van der Waals surface area contributed by atoms with Crippen molar-refractivity contribution < 1.29 is 28.6 Å². The second kappa shape index (κ2) is 9.06. The van der Waals surface area contributed by atoms with Crippen LogP contribution in [0, 0.1) is 9.39 Å². The Hall–Kier alpha value is -1.60. The van der Waals surface area contributed by atoms with Crippen LogP contribution < -0.4 is 5.32 Å². The number of imide groups is 1. The number of halogens is 2. The number of likely N-dealkylation sites (N-methyl/N-ethyl adjacent to an activating group) is 1. The zero-order valence-corrected chi connectivity index (χ0v) is 17.6. The predicted octanol–water partition coefficient (Wildman–Crippen LogP) is 1.58. The van der Waals surface area contributed by atoms with Crippen molar-refractivity contribution >= 4 is 40.2 Å². The van der Waals surface area contributed by atoms with Gasteiger partial charge in [-0.1, -0.05) is 0 Å². The van der Waals surface area contributed by atoms with E-state index >= 15 is 0 Å². The fourth-order valence-corrected chi connectivity index (χ4v) is 2.99. The smallest absolute Gasteiger partial charge is 0.394 e. The number of amides is 3. The molecule has 1 aliphatic heterocycles. The summed E-state index contributed by atoms with van der Waals surface area (Å²) < 4.78 is 13.9. The average Bonchev–Trinajstić information content (AvgIpc) is 2.61. The van der Waals surface area contributed by atoms with Crippen LogP contribution in [0.2, 0.25) is 0 Å². The normalized spacial score (nSPS) is 20.3. The Kier molecular flexibility index (Phi) is 7.28. The van der Waals surface area contributed by atoms with Crippen molar-refractivity contribution in [3.05, 3.63) is 39.5 Å². The summed E-state index contributed by atoms with van der Waals surface area (Å²) in [6.45, 7) is 0.00576. The van der Waals surface area contributed by atoms with Gasteiger partial charge < -0.3 is 15.3 Å². The van der Waals surface area contributed by atoms with Gasteiger partial charge in [-0.05, 0) is 59.5 Å². The summed E-state index contributed by atoms with van der Waals surface area (Å²) in [7, 11) is 5.10. The third kappa shape index (κ3) is 4.82. The van der Waals surface area contributed by atoms with Crippen LogP contribution in [0.5, 0.6) is 0 Å². The third-order valence-corrected chi connectivity index (χ3v) is 4.70. The number of anilines is 1. The third-order valence-electron chi connectivity index (χ3n) is 4.03. The Morgan fingerprint density at radius 3 is 2.67 bits per heavy atom. The molecule has 1 aromatic carbocycles. The van der Waals surface area contributed by atoms with E-state index in [4.69, 9.17) is 9.94 Å². The molecule has 1 aliphatic rings. The molecule has 1 unspecified atom stereocenters. The largest absolute Gasteiger partial charge is 0.465 e. The first kappa shape index (κ1) is 21.7. The molecule has 0 aliphatic carbocycles. The molecule has 0 spiro atoms. The Morgan fingerprint density at radius 1 is 1.37 bits per heavy atom. The van der Waals surface area contributed by atoms with Crippen molar-refractivity contribution in [2.45, 2.75) is 0 Å². The number of rotatable bonds is 8. The van der Waals surface area contributed by atoms with Gasteiger partial charge in [0.05, 0.1) is 24.9 Å². The van der Waals surface area contributed by atoms with E-state index in [9.17, 15) is 14.0 Å². The van der Waals surface area contributed by atoms with Crippen LogP contribution in [0.15, 0.2) is 30.1 Å². The van der Waals surface area contributed by atoms with Crippen LogP contribution in [-0.4, -0.2) is 78.9 Å². The molecular weight excluding hydrogens is 470 g/mol. The standard InChI is InChI=1S/C17H22FIN4O4/c1-21(2)6-7-23(27-9-8-24)16(25)11-15(22(3)17(23)26)20-14-5-4-12(19)10-13(14)18/h4-5,10-11,24H,6-9H2,1-3H3/p+1. The molecule has 1 atom stereocenters. The fourth-order valence-electron chi connectivity index (χ4n) is 2.53. The van der Waals surface area contributed by atoms with Gasteiger partial charge >= 0.3 is 11.9 Å². The highest BCUT2D eigenvalue weighted by Gasteiger charge is 2.52. The number of aliphatic hydroxyl groups is 1. The SMILES string of the molecule is CN(C)CC[N+]1(OCCO)C(=O)C=C(Nc2ccc(I)cc2F)N(C)C1=O. The summed E-state index contributed by atoms with van der Waals surface area (Å²) in [6, 6.07) is 3.97. The predicted molar refractivity (Wildman–Crippen MR) is 106 cm³/mol. The minimum Gasteiger partial charge on any atom is -0.394 e. The lowest BCUT2D eigenvalue weighted by Gasteiger charge is -2.36. The first-order chi connectivity index (χ1) is 12.7. The van der Waals surface area contributed by atoms with Crippen molar-refractivity contribution in [3.8, 4) is 0 Å². The van der Waals surface area contributed by atoms with Crippen LogP contribution in [0.1, 0.15) is 0 Å². The Labute approximate surface area is 170 Å². The summed E-state index contributed by atoms with van der Waals surface area (Å²) in [5.41, 5.74) is 0.152. The molecule has 2 N–H and O–H groups in total. The van der Waals surface area contributed by atoms with E-state index in [1.807, 2.05) is 41.6 Å². The topological polar surface area (TPSA) is 82.1 Å². The highest BCUT2D eigenvalue weighted by Crippen LogP contribution is 2.26. The zero-order chi connectivity index (χ0) is 20.2. The van der Waals surface area contributed by atoms with E-state index in [-0.39, 0.29) is 31.3 Å². The number of quaternary nitrogens is 1. The molecule has 0 saturated carbocycles. The molecule has 3 amide bonds. The maximum Gasteiger partial charge on any atom is 0.465 e. The summed E-state index contributed by atoms with van der Waals surface area (Å²) in [5.74, 6) is -0.940. The highest BCUT2D eigenvalue weighted by molar-refractivity contribution is 14.1. The van der Waals surface area contributed by atoms with Crippen LogP contribution in [0.4, 0.5) is 14.9 Å². The molecule has 0 fully saturated rings. The highest BCUT2D eigenvalue weighted by atomic mass is 127. The van der Waals surface area contributed by atoms with Gasteiger partial charge in [-0.3, -0.25) is 0 Å². The number of nitrogens with one attached hydrogen (secondary N) is 1. The van der Waals surface area contributed by atoms with Crippen LogP contribution in [0.25, 0.3) is 0 Å². The van der Waals surface area contributed by atoms with E-state index in [0.717, 1.165) is 3.57 Å². The second-order valence-corrected chi connectivity index (χ2v) is 7.53. The van der Waals surface area contributed by atoms with Crippen molar-refractivity contribution in [1.29, 1.82) is 0 Å². The molecule has 1 aromatic rings. The van der Waals surface area contributed by atoms with Crippen LogP contribution in [0.3, 0.4) is 0 Å². The number of aliphatic hydroxyl groups excluding tert-OH is 1. The van der Waals surface area contributed by atoms with E-state index < -0.39 is 22.4 Å². The number of urea groups is 1. The van der Waals surface area contributed by atoms with E-state index in [1.54, 1.807) is 6.07 Å². The van der Waals surface area contributed by atoms with E-state index in [1.165, 1.54) is 30.2 Å². The molecule has 148 valence electrons. The van der Waals surface area contributed by atoms with Crippen molar-refractivity contribution in [1.82, 2.24) is 9.80 Å². The number of carbonyl (C=O) groups excluding carboxylic acids is 2. The van der Waals surface area contributed by atoms with Gasteiger partial charge in [0.25, 0.3) is 0 Å². The fraction of sp³-hybridized carbons (Fsp3) is 0.412. The van der Waals surface area contributed by atoms with Gasteiger partial charge in [0.2, 0.25) is 0 Å². The Bertz CT molecular complexity index is 758. The van der Waals surface area contributed by atoms with E-state index in [2.05, 4.69) is 5.32 Å². The summed E-state index contributed by atoms with van der Waals surface area (Å²) >= 11 is 1.99. The number of carbonyl (C=O) groups is 2. The Morgan fingerprint density at radius 2 is 2.07 bits per heavy atom. The first-order valence-corrected chi connectivity index (χ1v) is 9.34. The lowest BCUT2D eigenvalue weighted by molar-refractivity contribution is -0.979. The lowest BCUT2D eigenvalue weighted by Crippen LogP contribution is -2.65. The van der Waals surface area contributed by atoms with Gasteiger partial charge in [0.1, 0.15) is 24.8 Å². The maximum absolute atomic E-state index is 14.1. The number of benzene rings is 1. The van der Waals surface area contributed by atoms with Crippen LogP contribution in [-0.2, 0) is 9.63 Å². The molecule has 1 heterocycles. The number of hydrogen-bond acceptors (Lipinski definition) is 6. The summed E-state index contributed by atoms with van der Waals surface area (Å²) in [6.07, 6.45) is 1.21. The average molecular weight is 493 g/mol. The van der Waals surface area contributed by atoms with Crippen molar-refractivity contribution in [3.63, 3.8) is 0 Å². The van der Waals surface area contributed by atoms with Gasteiger partial charge in [-0.15, -0.1) is 0 Å². The number of hydroxylamine groups is 3. The zero-order valence-electron chi connectivity index (χ0n) is 15.4. The second-order valence-electron chi connectivity index (χ2n) is 6.28. The molecule has 2 rings (SSSR count). The molecule has 10 heteroatoms. The van der Waals surface area contributed by atoms with Gasteiger partial charge in [-0.25, -0.2) is 18.9 Å². The molecule has 0 radical (unpaired) electrons. The molecule has 0 aromatic heterocycles. The van der Waals surface area contributed by atoms with Crippen LogP contribution >= 0.6 is 22.6 Å². The van der Waals surface area contributed by atoms with Gasteiger partial charge in [0.15, 0.2) is 0 Å². The minimum atomic E-state index is -0.893. The first-order valence-electron chi connectivity index (χ1n) is 8.26. The molecule has 0 saturated heterocycles. The molecule has 27 heavy (non-hydrogen) atoms. The van der Waals surface area contributed by atoms with Crippen molar-refractivity contribution in [2.75, 3.05) is 52.8 Å². The summed E-state index contributed by atoms with van der Waals surface area (Å²) in [5, 5.41) is 11.9. The molecular formula is C17H23FIN4O4+. The maximum atomic E-state index is 14.1. The summed E-state index contributed by atoms with van der Waals surface area (Å²) in [4.78, 5) is 34.3. The Balaban J connectivity index is 2.34. The molecule has 0 bridgehead atoms. The minimum absolute atomic E-state index is 0.0800. The monoisotopic (exact) mass is 493 g/mol. The quantitative estimate of drug-likeness (QED) is 0.423. The number of hydrogen-bond donors (Lipinski definition) is 2. The van der Waals surface area contributed by atoms with Gasteiger partial charge in [-0.2, -0.15) is 4.84 Å². The number of nitrogens with zero attached hydrogens (tertiary/aromatic N) is 3. The molecule has 8 nitrogen and oxygen atoms in total. The van der Waals surface area contributed by atoms with Gasteiger partial charge in [0, 0.05) is 10.6 Å².